The fraction of sp³-hybridized carbons (Fsp3) is 0.190. The van der Waals surface area contributed by atoms with E-state index in [4.69, 9.17) is 4.74 Å². The van der Waals surface area contributed by atoms with Crippen molar-refractivity contribution in [2.45, 2.75) is 12.5 Å². The summed E-state index contributed by atoms with van der Waals surface area (Å²) < 4.78 is 6.96. The van der Waals surface area contributed by atoms with Gasteiger partial charge in [-0.1, -0.05) is 48.5 Å². The van der Waals surface area contributed by atoms with E-state index in [-0.39, 0.29) is 25.0 Å². The molecule has 3 aromatic rings. The average molecular weight is 375 g/mol. The topological polar surface area (TPSA) is 84.7 Å². The SMILES string of the molecule is O=C(OCC1c2ccccc2-c2ccccc21)N1CCn2c1nc(O)cc2=O. The second-order valence-electron chi connectivity index (χ2n) is 6.86. The molecule has 28 heavy (non-hydrogen) atoms. The van der Waals surface area contributed by atoms with Crippen LogP contribution in [0.4, 0.5) is 10.7 Å². The van der Waals surface area contributed by atoms with Crippen LogP contribution in [0, 0.1) is 0 Å². The lowest BCUT2D eigenvalue weighted by molar-refractivity contribution is 0.150. The summed E-state index contributed by atoms with van der Waals surface area (Å²) >= 11 is 0. The molecule has 0 saturated heterocycles. The number of anilines is 1. The van der Waals surface area contributed by atoms with Crippen molar-refractivity contribution < 1.29 is 14.6 Å². The molecule has 1 aliphatic carbocycles. The first kappa shape index (κ1) is 16.6. The average Bonchev–Trinajstić information content (AvgIpc) is 3.26. The van der Waals surface area contributed by atoms with Crippen LogP contribution in [0.25, 0.3) is 11.1 Å². The summed E-state index contributed by atoms with van der Waals surface area (Å²) in [6, 6.07) is 17.3. The molecule has 0 radical (unpaired) electrons. The lowest BCUT2D eigenvalue weighted by atomic mass is 9.98. The van der Waals surface area contributed by atoms with Gasteiger partial charge in [-0.05, 0) is 22.3 Å². The Morgan fingerprint density at radius 3 is 2.39 bits per heavy atom. The first-order chi connectivity index (χ1) is 13.6. The van der Waals surface area contributed by atoms with E-state index in [0.717, 1.165) is 28.3 Å². The third-order valence-electron chi connectivity index (χ3n) is 5.32. The highest BCUT2D eigenvalue weighted by molar-refractivity contribution is 5.86. The number of amides is 1. The summed E-state index contributed by atoms with van der Waals surface area (Å²) in [7, 11) is 0. The van der Waals surface area contributed by atoms with E-state index < -0.39 is 17.5 Å². The van der Waals surface area contributed by atoms with Crippen LogP contribution in [0.5, 0.6) is 5.88 Å². The first-order valence-corrected chi connectivity index (χ1v) is 9.07. The van der Waals surface area contributed by atoms with E-state index in [0.29, 0.717) is 6.54 Å². The smallest absolute Gasteiger partial charge is 0.416 e. The number of carbonyl (C=O) groups excluding carboxylic acids is 1. The van der Waals surface area contributed by atoms with Gasteiger partial charge >= 0.3 is 6.09 Å². The van der Waals surface area contributed by atoms with Crippen molar-refractivity contribution in [1.29, 1.82) is 0 Å². The fourth-order valence-electron chi connectivity index (χ4n) is 4.04. The Hall–Kier alpha value is -3.61. The van der Waals surface area contributed by atoms with E-state index >= 15 is 0 Å². The number of hydrogen-bond acceptors (Lipinski definition) is 5. The van der Waals surface area contributed by atoms with Gasteiger partial charge in [0.15, 0.2) is 0 Å². The number of rotatable bonds is 2. The maximum absolute atomic E-state index is 12.7. The molecule has 0 unspecified atom stereocenters. The Labute approximate surface area is 160 Å². The van der Waals surface area contributed by atoms with Crippen molar-refractivity contribution in [2.75, 3.05) is 18.1 Å². The van der Waals surface area contributed by atoms with Crippen LogP contribution >= 0.6 is 0 Å². The van der Waals surface area contributed by atoms with Crippen LogP contribution < -0.4 is 10.5 Å². The highest BCUT2D eigenvalue weighted by Gasteiger charge is 2.32. The number of carbonyl (C=O) groups is 1. The number of hydrogen-bond donors (Lipinski definition) is 1. The minimum absolute atomic E-state index is 0.0433. The Morgan fingerprint density at radius 1 is 1.07 bits per heavy atom. The van der Waals surface area contributed by atoms with Crippen molar-refractivity contribution in [3.63, 3.8) is 0 Å². The van der Waals surface area contributed by atoms with Gasteiger partial charge < -0.3 is 9.84 Å². The van der Waals surface area contributed by atoms with Crippen molar-refractivity contribution in [2.24, 2.45) is 0 Å². The van der Waals surface area contributed by atoms with Crippen molar-refractivity contribution in [3.8, 4) is 17.0 Å². The fourth-order valence-corrected chi connectivity index (χ4v) is 4.04. The molecule has 2 heterocycles. The molecule has 5 rings (SSSR count). The molecule has 2 aliphatic rings. The van der Waals surface area contributed by atoms with Crippen LogP contribution in [0.2, 0.25) is 0 Å². The number of ether oxygens (including phenoxy) is 1. The van der Waals surface area contributed by atoms with E-state index in [2.05, 4.69) is 29.2 Å². The van der Waals surface area contributed by atoms with Crippen molar-refractivity contribution >= 4 is 12.0 Å². The summed E-state index contributed by atoms with van der Waals surface area (Å²) in [5.74, 6) is -0.338. The highest BCUT2D eigenvalue weighted by atomic mass is 16.6. The number of aromatic hydroxyl groups is 1. The minimum atomic E-state index is -0.578. The number of nitrogens with zero attached hydrogens (tertiary/aromatic N) is 3. The van der Waals surface area contributed by atoms with Gasteiger partial charge in [-0.15, -0.1) is 0 Å². The molecule has 7 nitrogen and oxygen atoms in total. The molecule has 1 aliphatic heterocycles. The standard InChI is InChI=1S/C21H17N3O4/c25-18-11-19(26)23-9-10-24(20(23)22-18)21(27)28-12-17-15-7-3-1-5-13(15)14-6-2-4-8-16(14)17/h1-8,11,17,25H,9-10,12H2. The van der Waals surface area contributed by atoms with Gasteiger partial charge in [-0.2, -0.15) is 4.98 Å². The molecular weight excluding hydrogens is 358 g/mol. The summed E-state index contributed by atoms with van der Waals surface area (Å²) in [6.07, 6.45) is -0.578. The zero-order valence-electron chi connectivity index (χ0n) is 14.9. The zero-order valence-corrected chi connectivity index (χ0v) is 14.9. The predicted molar refractivity (Wildman–Crippen MR) is 103 cm³/mol. The van der Waals surface area contributed by atoms with Gasteiger partial charge in [-0.25, -0.2) is 9.69 Å². The number of aromatic nitrogens is 2. The van der Waals surface area contributed by atoms with Crippen molar-refractivity contribution in [3.05, 3.63) is 76.1 Å². The quantitative estimate of drug-likeness (QED) is 0.744. The first-order valence-electron chi connectivity index (χ1n) is 9.07. The van der Waals surface area contributed by atoms with Crippen molar-refractivity contribution in [1.82, 2.24) is 9.55 Å². The summed E-state index contributed by atoms with van der Waals surface area (Å²) in [4.78, 5) is 29.8. The second kappa shape index (κ2) is 6.23. The van der Waals surface area contributed by atoms with E-state index in [1.54, 1.807) is 0 Å². The summed E-state index contributed by atoms with van der Waals surface area (Å²) in [5, 5.41) is 9.59. The Kier molecular flexibility index (Phi) is 3.68. The van der Waals surface area contributed by atoms with E-state index in [1.165, 1.54) is 9.47 Å². The van der Waals surface area contributed by atoms with Gasteiger partial charge in [0.1, 0.15) is 6.61 Å². The molecule has 140 valence electrons. The zero-order chi connectivity index (χ0) is 19.3. The van der Waals surface area contributed by atoms with E-state index in [9.17, 15) is 14.7 Å². The predicted octanol–water partition coefficient (Wildman–Crippen LogP) is 2.72. The van der Waals surface area contributed by atoms with Gasteiger partial charge in [0.05, 0.1) is 12.6 Å². The van der Waals surface area contributed by atoms with Gasteiger partial charge in [0.2, 0.25) is 11.8 Å². The molecule has 7 heteroatoms. The molecule has 1 amide bonds. The maximum Gasteiger partial charge on any atom is 0.416 e. The largest absolute Gasteiger partial charge is 0.493 e. The molecule has 0 saturated carbocycles. The molecular formula is C21H17N3O4. The lowest BCUT2D eigenvalue weighted by Crippen LogP contribution is -2.31. The molecule has 0 spiro atoms. The Balaban J connectivity index is 1.40. The summed E-state index contributed by atoms with van der Waals surface area (Å²) in [6.45, 7) is 0.792. The molecule has 1 N–H and O–H groups in total. The highest BCUT2D eigenvalue weighted by Crippen LogP contribution is 2.44. The Bertz CT molecular complexity index is 1110. The lowest BCUT2D eigenvalue weighted by Gasteiger charge is -2.18. The monoisotopic (exact) mass is 375 g/mol. The normalized spacial score (nSPS) is 14.5. The minimum Gasteiger partial charge on any atom is -0.493 e. The second-order valence-corrected chi connectivity index (χ2v) is 6.86. The van der Waals surface area contributed by atoms with Gasteiger partial charge in [0, 0.05) is 12.5 Å². The van der Waals surface area contributed by atoms with Crippen LogP contribution in [0.1, 0.15) is 17.0 Å². The maximum atomic E-state index is 12.7. The molecule has 2 aromatic carbocycles. The third kappa shape index (κ3) is 2.47. The molecule has 0 bridgehead atoms. The summed E-state index contributed by atoms with van der Waals surface area (Å²) in [5.41, 5.74) is 4.18. The molecule has 0 atom stereocenters. The number of benzene rings is 2. The molecule has 1 aromatic heterocycles. The van der Waals surface area contributed by atoms with E-state index in [1.807, 2.05) is 24.3 Å². The third-order valence-corrected chi connectivity index (χ3v) is 5.32. The van der Waals surface area contributed by atoms with Gasteiger partial charge in [-0.3, -0.25) is 9.36 Å². The van der Waals surface area contributed by atoms with Crippen LogP contribution in [0.15, 0.2) is 59.4 Å². The van der Waals surface area contributed by atoms with Crippen LogP contribution in [-0.2, 0) is 11.3 Å². The Morgan fingerprint density at radius 2 is 1.71 bits per heavy atom. The molecule has 0 fully saturated rings. The van der Waals surface area contributed by atoms with Crippen LogP contribution in [0.3, 0.4) is 0 Å². The number of fused-ring (bicyclic) bond motifs is 4. The van der Waals surface area contributed by atoms with Gasteiger partial charge in [0.25, 0.3) is 5.56 Å². The van der Waals surface area contributed by atoms with Crippen LogP contribution in [-0.4, -0.2) is 33.9 Å².